The van der Waals surface area contributed by atoms with Gasteiger partial charge in [-0.15, -0.1) is 12.4 Å². The molecule has 0 saturated heterocycles. The van der Waals surface area contributed by atoms with E-state index in [-0.39, 0.29) is 23.7 Å². The zero-order valence-corrected chi connectivity index (χ0v) is 14.4. The third kappa shape index (κ3) is 4.70. The van der Waals surface area contributed by atoms with Gasteiger partial charge in [0.15, 0.2) is 0 Å². The van der Waals surface area contributed by atoms with Crippen LogP contribution in [0.2, 0.25) is 0 Å². The van der Waals surface area contributed by atoms with E-state index in [9.17, 15) is 4.79 Å². The minimum atomic E-state index is 0. The second kappa shape index (κ2) is 7.12. The maximum absolute atomic E-state index is 11.8. The van der Waals surface area contributed by atoms with E-state index in [1.807, 2.05) is 6.07 Å². The highest BCUT2D eigenvalue weighted by Crippen LogP contribution is 2.48. The first kappa shape index (κ1) is 16.8. The van der Waals surface area contributed by atoms with Crippen LogP contribution < -0.4 is 10.6 Å². The molecule has 1 amide bonds. The minimum Gasteiger partial charge on any atom is -0.354 e. The first-order valence-corrected chi connectivity index (χ1v) is 8.21. The number of rotatable bonds is 7. The number of benzene rings is 1. The number of carbonyl (C=O) groups is 1. The zero-order chi connectivity index (χ0) is 14.0. The number of hydrogen-bond donors (Lipinski definition) is 2. The molecule has 0 aromatic heterocycles. The van der Waals surface area contributed by atoms with Crippen LogP contribution >= 0.6 is 28.3 Å². The Kier molecular flexibility index (Phi) is 5.69. The molecule has 0 heterocycles. The van der Waals surface area contributed by atoms with Gasteiger partial charge in [-0.25, -0.2) is 0 Å². The van der Waals surface area contributed by atoms with Crippen molar-refractivity contribution in [1.82, 2.24) is 10.6 Å². The van der Waals surface area contributed by atoms with Gasteiger partial charge in [-0.05, 0) is 55.8 Å². The summed E-state index contributed by atoms with van der Waals surface area (Å²) in [4.78, 5) is 11.8. The molecule has 21 heavy (non-hydrogen) atoms. The van der Waals surface area contributed by atoms with Crippen molar-refractivity contribution in [1.29, 1.82) is 0 Å². The normalized spacial score (nSPS) is 18.7. The van der Waals surface area contributed by atoms with Crippen molar-refractivity contribution in [2.24, 2.45) is 5.92 Å². The van der Waals surface area contributed by atoms with E-state index >= 15 is 0 Å². The molecule has 2 saturated carbocycles. The van der Waals surface area contributed by atoms with E-state index in [1.54, 1.807) is 0 Å². The van der Waals surface area contributed by atoms with Crippen molar-refractivity contribution in [3.8, 4) is 0 Å². The maximum Gasteiger partial charge on any atom is 0.233 e. The van der Waals surface area contributed by atoms with Gasteiger partial charge in [-0.2, -0.15) is 0 Å². The van der Waals surface area contributed by atoms with Crippen LogP contribution in [0.15, 0.2) is 28.7 Å². The lowest BCUT2D eigenvalue weighted by Crippen LogP contribution is -2.38. The van der Waals surface area contributed by atoms with Crippen LogP contribution in [0.4, 0.5) is 0 Å². The third-order valence-corrected chi connectivity index (χ3v) is 4.82. The van der Waals surface area contributed by atoms with Crippen LogP contribution in [-0.2, 0) is 10.2 Å². The summed E-state index contributed by atoms with van der Waals surface area (Å²) in [7, 11) is 0. The van der Waals surface area contributed by atoms with Gasteiger partial charge in [0.05, 0.1) is 6.54 Å². The van der Waals surface area contributed by atoms with E-state index in [0.717, 1.165) is 23.5 Å². The summed E-state index contributed by atoms with van der Waals surface area (Å²) in [6.45, 7) is 2.20. The standard InChI is InChI=1S/C16H21BrN2O.ClH/c17-14-3-1-2-13(8-14)16(6-7-16)11-19-15(20)10-18-9-12-4-5-12;/h1-3,8,12,18H,4-7,9-11H2,(H,19,20);1H. The molecule has 0 aliphatic heterocycles. The van der Waals surface area contributed by atoms with E-state index < -0.39 is 0 Å². The van der Waals surface area contributed by atoms with Gasteiger partial charge in [0.2, 0.25) is 5.91 Å². The first-order valence-electron chi connectivity index (χ1n) is 7.41. The van der Waals surface area contributed by atoms with Crippen LogP contribution in [0.5, 0.6) is 0 Å². The molecule has 0 unspecified atom stereocenters. The lowest BCUT2D eigenvalue weighted by atomic mass is 9.96. The van der Waals surface area contributed by atoms with Gasteiger partial charge in [0.1, 0.15) is 0 Å². The largest absolute Gasteiger partial charge is 0.354 e. The predicted molar refractivity (Wildman–Crippen MR) is 90.9 cm³/mol. The summed E-state index contributed by atoms with van der Waals surface area (Å²) in [5, 5.41) is 6.31. The lowest BCUT2D eigenvalue weighted by Gasteiger charge is -2.17. The van der Waals surface area contributed by atoms with Gasteiger partial charge >= 0.3 is 0 Å². The zero-order valence-electron chi connectivity index (χ0n) is 12.0. The Morgan fingerprint density at radius 3 is 2.71 bits per heavy atom. The monoisotopic (exact) mass is 372 g/mol. The molecule has 1 aromatic rings. The quantitative estimate of drug-likeness (QED) is 0.771. The number of carbonyl (C=O) groups excluding carboxylic acids is 1. The smallest absolute Gasteiger partial charge is 0.233 e. The van der Waals surface area contributed by atoms with Gasteiger partial charge in [-0.3, -0.25) is 4.79 Å². The van der Waals surface area contributed by atoms with E-state index in [1.165, 1.54) is 31.2 Å². The SMILES string of the molecule is Cl.O=C(CNCC1CC1)NCC1(c2cccc(Br)c2)CC1. The molecule has 0 bridgehead atoms. The van der Waals surface area contributed by atoms with Crippen molar-refractivity contribution in [2.45, 2.75) is 31.1 Å². The second-order valence-corrected chi connectivity index (χ2v) is 7.06. The second-order valence-electron chi connectivity index (χ2n) is 6.14. The van der Waals surface area contributed by atoms with Gasteiger partial charge in [-0.1, -0.05) is 28.1 Å². The fourth-order valence-corrected chi connectivity index (χ4v) is 2.98. The molecule has 2 aliphatic rings. The van der Waals surface area contributed by atoms with E-state index in [4.69, 9.17) is 0 Å². The van der Waals surface area contributed by atoms with Crippen LogP contribution in [0.3, 0.4) is 0 Å². The first-order chi connectivity index (χ1) is 9.68. The van der Waals surface area contributed by atoms with Crippen LogP contribution in [0.1, 0.15) is 31.2 Å². The molecule has 1 aromatic carbocycles. The molecule has 3 nitrogen and oxygen atoms in total. The van der Waals surface area contributed by atoms with Crippen molar-refractivity contribution in [3.05, 3.63) is 34.3 Å². The molecule has 2 N–H and O–H groups in total. The molecular weight excluding hydrogens is 352 g/mol. The molecule has 2 aliphatic carbocycles. The molecule has 2 fully saturated rings. The summed E-state index contributed by atoms with van der Waals surface area (Å²) in [6, 6.07) is 8.44. The number of hydrogen-bond acceptors (Lipinski definition) is 2. The van der Waals surface area contributed by atoms with Crippen molar-refractivity contribution < 1.29 is 4.79 Å². The highest BCUT2D eigenvalue weighted by Gasteiger charge is 2.44. The number of halogens is 2. The van der Waals surface area contributed by atoms with Gasteiger partial charge in [0, 0.05) is 16.4 Å². The Morgan fingerprint density at radius 2 is 2.10 bits per heavy atom. The summed E-state index contributed by atoms with van der Waals surface area (Å²) in [5.74, 6) is 0.936. The van der Waals surface area contributed by atoms with Crippen molar-refractivity contribution in [2.75, 3.05) is 19.6 Å². The van der Waals surface area contributed by atoms with Crippen molar-refractivity contribution >= 4 is 34.2 Å². The molecule has 116 valence electrons. The fraction of sp³-hybridized carbons (Fsp3) is 0.562. The average molecular weight is 374 g/mol. The molecule has 0 radical (unpaired) electrons. The Labute approximate surface area is 140 Å². The Bertz CT molecular complexity index is 501. The predicted octanol–water partition coefficient (Wildman–Crippen LogP) is 3.02. The van der Waals surface area contributed by atoms with E-state index in [0.29, 0.717) is 6.54 Å². The third-order valence-electron chi connectivity index (χ3n) is 4.33. The minimum absolute atomic E-state index is 0. The lowest BCUT2D eigenvalue weighted by molar-refractivity contribution is -0.120. The Hall–Kier alpha value is -0.580. The Morgan fingerprint density at radius 1 is 1.33 bits per heavy atom. The molecular formula is C16H22BrClN2O. The maximum atomic E-state index is 11.8. The van der Waals surface area contributed by atoms with Crippen LogP contribution in [0, 0.1) is 5.92 Å². The van der Waals surface area contributed by atoms with Gasteiger partial charge in [0.25, 0.3) is 0 Å². The molecule has 0 spiro atoms. The van der Waals surface area contributed by atoms with Crippen LogP contribution in [-0.4, -0.2) is 25.5 Å². The Balaban J connectivity index is 0.00000161. The number of amides is 1. The average Bonchev–Trinajstić information content (AvgIpc) is 3.32. The topological polar surface area (TPSA) is 41.1 Å². The highest BCUT2D eigenvalue weighted by atomic mass is 79.9. The molecule has 5 heteroatoms. The number of nitrogens with one attached hydrogen (secondary N) is 2. The highest BCUT2D eigenvalue weighted by molar-refractivity contribution is 9.10. The summed E-state index contributed by atoms with van der Waals surface area (Å²) < 4.78 is 1.11. The summed E-state index contributed by atoms with van der Waals surface area (Å²) >= 11 is 3.52. The van der Waals surface area contributed by atoms with Gasteiger partial charge < -0.3 is 10.6 Å². The van der Waals surface area contributed by atoms with Crippen LogP contribution in [0.25, 0.3) is 0 Å². The summed E-state index contributed by atoms with van der Waals surface area (Å²) in [6.07, 6.45) is 4.97. The summed E-state index contributed by atoms with van der Waals surface area (Å²) in [5.41, 5.74) is 1.51. The fourth-order valence-electron chi connectivity index (χ4n) is 2.58. The van der Waals surface area contributed by atoms with Crippen molar-refractivity contribution in [3.63, 3.8) is 0 Å². The van der Waals surface area contributed by atoms with E-state index in [2.05, 4.69) is 44.8 Å². The molecule has 3 rings (SSSR count). The molecule has 0 atom stereocenters.